The van der Waals surface area contributed by atoms with E-state index >= 15 is 0 Å². The van der Waals surface area contributed by atoms with Gasteiger partial charge in [0.1, 0.15) is 12.4 Å². The molecule has 8 heteroatoms. The fourth-order valence-corrected chi connectivity index (χ4v) is 3.43. The lowest BCUT2D eigenvalue weighted by molar-refractivity contribution is 0.202. The minimum atomic E-state index is -3.76. The van der Waals surface area contributed by atoms with Crippen molar-refractivity contribution in [1.82, 2.24) is 10.2 Å². The van der Waals surface area contributed by atoms with Crippen LogP contribution in [0.1, 0.15) is 11.1 Å². The second kappa shape index (κ2) is 6.11. The first kappa shape index (κ1) is 15.9. The maximum atomic E-state index is 11.4. The van der Waals surface area contributed by atoms with Gasteiger partial charge in [0.15, 0.2) is 0 Å². The highest BCUT2D eigenvalue weighted by molar-refractivity contribution is 8.13. The zero-order chi connectivity index (χ0) is 15.6. The number of urea groups is 1. The van der Waals surface area contributed by atoms with Gasteiger partial charge in [0.25, 0.3) is 9.05 Å². The molecule has 6 nitrogen and oxygen atoms in total. The normalized spacial score (nSPS) is 15.2. The van der Waals surface area contributed by atoms with Gasteiger partial charge in [-0.15, -0.1) is 0 Å². The highest BCUT2D eigenvalue weighted by atomic mass is 35.7. The van der Waals surface area contributed by atoms with Crippen LogP contribution in [0.4, 0.5) is 4.79 Å². The van der Waals surface area contributed by atoms with Crippen LogP contribution in [0.5, 0.6) is 5.75 Å². The number of hydrogen-bond donors (Lipinski definition) is 1. The lowest BCUT2D eigenvalue weighted by Gasteiger charge is -2.16. The van der Waals surface area contributed by atoms with E-state index in [0.29, 0.717) is 43.1 Å². The van der Waals surface area contributed by atoms with Crippen molar-refractivity contribution in [3.8, 4) is 5.75 Å². The molecule has 1 N–H and O–H groups in total. The average Bonchev–Trinajstić information content (AvgIpc) is 2.77. The number of hydrogen-bond acceptors (Lipinski definition) is 4. The molecule has 1 aliphatic rings. The molecule has 0 radical (unpaired) electrons. The van der Waals surface area contributed by atoms with Crippen LogP contribution in [0.25, 0.3) is 0 Å². The number of benzene rings is 1. The SMILES string of the molecule is Cc1cc(S(=O)(=O)Cl)c(C)cc1OCCN1CCNC1=O. The Morgan fingerprint density at radius 2 is 2.05 bits per heavy atom. The Morgan fingerprint density at radius 3 is 2.62 bits per heavy atom. The number of nitrogens with zero attached hydrogens (tertiary/aromatic N) is 1. The first-order chi connectivity index (χ1) is 9.79. The third-order valence-electron chi connectivity index (χ3n) is 3.30. The Bertz CT molecular complexity index is 660. The molecule has 0 bridgehead atoms. The summed E-state index contributed by atoms with van der Waals surface area (Å²) in [4.78, 5) is 13.1. The topological polar surface area (TPSA) is 75.7 Å². The van der Waals surface area contributed by atoms with E-state index in [4.69, 9.17) is 15.4 Å². The summed E-state index contributed by atoms with van der Waals surface area (Å²) in [5, 5.41) is 2.71. The van der Waals surface area contributed by atoms with Crippen LogP contribution < -0.4 is 10.1 Å². The molecular formula is C13H17ClN2O4S. The Hall–Kier alpha value is -1.47. The molecule has 0 spiro atoms. The number of carbonyl (C=O) groups is 1. The second-order valence-corrected chi connectivity index (χ2v) is 7.42. The van der Waals surface area contributed by atoms with Gasteiger partial charge < -0.3 is 15.0 Å². The first-order valence-corrected chi connectivity index (χ1v) is 8.81. The summed E-state index contributed by atoms with van der Waals surface area (Å²) in [7, 11) is 1.62. The van der Waals surface area contributed by atoms with Gasteiger partial charge in [0.2, 0.25) is 0 Å². The van der Waals surface area contributed by atoms with E-state index in [0.717, 1.165) is 0 Å². The first-order valence-electron chi connectivity index (χ1n) is 6.50. The summed E-state index contributed by atoms with van der Waals surface area (Å²) in [6.45, 7) is 5.57. The molecule has 1 saturated heterocycles. The average molecular weight is 333 g/mol. The van der Waals surface area contributed by atoms with Crippen molar-refractivity contribution < 1.29 is 17.9 Å². The molecule has 2 amide bonds. The van der Waals surface area contributed by atoms with Crippen LogP contribution in [0, 0.1) is 13.8 Å². The van der Waals surface area contributed by atoms with Crippen molar-refractivity contribution in [2.24, 2.45) is 0 Å². The highest BCUT2D eigenvalue weighted by Gasteiger charge is 2.19. The van der Waals surface area contributed by atoms with E-state index in [9.17, 15) is 13.2 Å². The molecule has 0 aliphatic carbocycles. The van der Waals surface area contributed by atoms with Crippen molar-refractivity contribution in [1.29, 1.82) is 0 Å². The Kier molecular flexibility index (Phi) is 4.63. The number of nitrogens with one attached hydrogen (secondary N) is 1. The smallest absolute Gasteiger partial charge is 0.317 e. The standard InChI is InChI=1S/C13H17ClN2O4S/c1-9-8-12(21(14,18)19)10(2)7-11(9)20-6-5-16-4-3-15-13(16)17/h7-8H,3-6H2,1-2H3,(H,15,17). The maximum absolute atomic E-state index is 11.4. The van der Waals surface area contributed by atoms with Crippen molar-refractivity contribution in [2.75, 3.05) is 26.2 Å². The Labute approximate surface area is 128 Å². The summed E-state index contributed by atoms with van der Waals surface area (Å²) in [5.74, 6) is 0.594. The van der Waals surface area contributed by atoms with Crippen molar-refractivity contribution in [2.45, 2.75) is 18.7 Å². The van der Waals surface area contributed by atoms with Gasteiger partial charge in [-0.3, -0.25) is 0 Å². The van der Waals surface area contributed by atoms with Crippen LogP contribution in [-0.4, -0.2) is 45.6 Å². The molecule has 1 aromatic rings. The number of aryl methyl sites for hydroxylation is 2. The number of rotatable bonds is 5. The van der Waals surface area contributed by atoms with Crippen LogP contribution in [0.2, 0.25) is 0 Å². The molecule has 0 aromatic heterocycles. The molecule has 0 saturated carbocycles. The van der Waals surface area contributed by atoms with Crippen LogP contribution >= 0.6 is 10.7 Å². The molecule has 1 fully saturated rings. The lowest BCUT2D eigenvalue weighted by atomic mass is 10.1. The third kappa shape index (κ3) is 3.79. The van der Waals surface area contributed by atoms with Crippen molar-refractivity contribution in [3.05, 3.63) is 23.3 Å². The Morgan fingerprint density at radius 1 is 1.33 bits per heavy atom. The van der Waals surface area contributed by atoms with E-state index in [1.165, 1.54) is 6.07 Å². The molecule has 2 rings (SSSR count). The van der Waals surface area contributed by atoms with Gasteiger partial charge in [0, 0.05) is 23.8 Å². The number of ether oxygens (including phenoxy) is 1. The van der Waals surface area contributed by atoms with Gasteiger partial charge >= 0.3 is 6.03 Å². The molecule has 1 aromatic carbocycles. The van der Waals surface area contributed by atoms with Gasteiger partial charge in [-0.25, -0.2) is 13.2 Å². The van der Waals surface area contributed by atoms with Crippen LogP contribution in [0.15, 0.2) is 17.0 Å². The summed E-state index contributed by atoms with van der Waals surface area (Å²) < 4.78 is 28.5. The fraction of sp³-hybridized carbons (Fsp3) is 0.462. The summed E-state index contributed by atoms with van der Waals surface area (Å²) in [6.07, 6.45) is 0. The molecule has 1 aliphatic heterocycles. The maximum Gasteiger partial charge on any atom is 0.317 e. The van der Waals surface area contributed by atoms with E-state index in [1.807, 2.05) is 0 Å². The minimum Gasteiger partial charge on any atom is -0.491 e. The zero-order valence-electron chi connectivity index (χ0n) is 11.8. The van der Waals surface area contributed by atoms with Crippen molar-refractivity contribution in [3.63, 3.8) is 0 Å². The summed E-state index contributed by atoms with van der Waals surface area (Å²) in [6, 6.07) is 3.06. The summed E-state index contributed by atoms with van der Waals surface area (Å²) in [5.41, 5.74) is 1.22. The molecule has 0 unspecified atom stereocenters. The number of halogens is 1. The highest BCUT2D eigenvalue weighted by Crippen LogP contribution is 2.27. The molecular weight excluding hydrogens is 316 g/mol. The quantitative estimate of drug-likeness (QED) is 0.832. The largest absolute Gasteiger partial charge is 0.491 e. The zero-order valence-corrected chi connectivity index (χ0v) is 13.4. The van der Waals surface area contributed by atoms with E-state index < -0.39 is 9.05 Å². The van der Waals surface area contributed by atoms with E-state index in [2.05, 4.69) is 5.32 Å². The summed E-state index contributed by atoms with van der Waals surface area (Å²) >= 11 is 0. The molecule has 0 atom stereocenters. The van der Waals surface area contributed by atoms with Gasteiger partial charge in [-0.05, 0) is 37.1 Å². The third-order valence-corrected chi connectivity index (χ3v) is 4.76. The van der Waals surface area contributed by atoms with Crippen LogP contribution in [0.3, 0.4) is 0 Å². The van der Waals surface area contributed by atoms with Gasteiger partial charge in [0.05, 0.1) is 11.4 Å². The second-order valence-electron chi connectivity index (χ2n) is 4.89. The molecule has 1 heterocycles. The van der Waals surface area contributed by atoms with Crippen LogP contribution in [-0.2, 0) is 9.05 Å². The molecule has 21 heavy (non-hydrogen) atoms. The van der Waals surface area contributed by atoms with Gasteiger partial charge in [-0.2, -0.15) is 0 Å². The van der Waals surface area contributed by atoms with E-state index in [1.54, 1.807) is 24.8 Å². The number of amides is 2. The van der Waals surface area contributed by atoms with Gasteiger partial charge in [-0.1, -0.05) is 0 Å². The van der Waals surface area contributed by atoms with Crippen molar-refractivity contribution >= 4 is 25.8 Å². The lowest BCUT2D eigenvalue weighted by Crippen LogP contribution is -2.31. The fourth-order valence-electron chi connectivity index (χ4n) is 2.17. The number of carbonyl (C=O) groups excluding carboxylic acids is 1. The predicted octanol–water partition coefficient (Wildman–Crippen LogP) is 1.63. The monoisotopic (exact) mass is 332 g/mol. The predicted molar refractivity (Wildman–Crippen MR) is 79.4 cm³/mol. The van der Waals surface area contributed by atoms with E-state index in [-0.39, 0.29) is 10.9 Å². The minimum absolute atomic E-state index is 0.0879. The molecule has 116 valence electrons. The Balaban J connectivity index is 2.04.